The first-order valence-electron chi connectivity index (χ1n) is 5.27. The van der Waals surface area contributed by atoms with E-state index in [1.807, 2.05) is 18.2 Å². The monoisotopic (exact) mass is 205 g/mol. The topological polar surface area (TPSA) is 38.3 Å². The summed E-state index contributed by atoms with van der Waals surface area (Å²) in [5, 5.41) is 2.75. The van der Waals surface area contributed by atoms with E-state index in [2.05, 4.69) is 17.4 Å². The molecule has 0 saturated carbocycles. The molecule has 0 radical (unpaired) electrons. The highest BCUT2D eigenvalue weighted by molar-refractivity contribution is 5.78. The van der Waals surface area contributed by atoms with Gasteiger partial charge < -0.3 is 10.1 Å². The zero-order valence-electron chi connectivity index (χ0n) is 8.61. The number of amides is 1. The van der Waals surface area contributed by atoms with Gasteiger partial charge in [-0.2, -0.15) is 0 Å². The molecule has 0 spiro atoms. The van der Waals surface area contributed by atoms with Crippen LogP contribution in [-0.4, -0.2) is 25.2 Å². The van der Waals surface area contributed by atoms with E-state index in [9.17, 15) is 4.79 Å². The molecule has 0 bridgehead atoms. The number of benzene rings is 1. The average Bonchev–Trinajstić information content (AvgIpc) is 2.66. The number of hydrogen-bond donors (Lipinski definition) is 1. The van der Waals surface area contributed by atoms with Crippen molar-refractivity contribution < 1.29 is 9.53 Å². The van der Waals surface area contributed by atoms with Crippen molar-refractivity contribution in [3.8, 4) is 0 Å². The number of carbonyl (C=O) groups is 1. The minimum atomic E-state index is 0.0706. The minimum Gasteiger partial charge on any atom is -0.376 e. The maximum atomic E-state index is 10.9. The first-order chi connectivity index (χ1) is 7.34. The summed E-state index contributed by atoms with van der Waals surface area (Å²) >= 11 is 0. The number of carbonyl (C=O) groups excluding carboxylic acids is 1. The van der Waals surface area contributed by atoms with E-state index >= 15 is 0 Å². The van der Waals surface area contributed by atoms with Gasteiger partial charge in [0.1, 0.15) is 0 Å². The van der Waals surface area contributed by atoms with Gasteiger partial charge in [-0.15, -0.1) is 0 Å². The van der Waals surface area contributed by atoms with Crippen LogP contribution in [0.2, 0.25) is 0 Å². The van der Waals surface area contributed by atoms with Crippen molar-refractivity contribution >= 4 is 5.91 Å². The fourth-order valence-electron chi connectivity index (χ4n) is 1.68. The van der Waals surface area contributed by atoms with Crippen molar-refractivity contribution in [2.45, 2.75) is 18.9 Å². The largest absolute Gasteiger partial charge is 0.376 e. The molecular formula is C12H15NO2. The lowest BCUT2D eigenvalue weighted by molar-refractivity contribution is -0.119. The van der Waals surface area contributed by atoms with Gasteiger partial charge in [-0.1, -0.05) is 30.3 Å². The molecule has 15 heavy (non-hydrogen) atoms. The Balaban J connectivity index is 1.69. The molecule has 1 unspecified atom stereocenters. The quantitative estimate of drug-likeness (QED) is 0.800. The second-order valence-electron chi connectivity index (χ2n) is 3.74. The molecule has 0 aliphatic carbocycles. The van der Waals surface area contributed by atoms with Gasteiger partial charge in [-0.3, -0.25) is 4.79 Å². The second-order valence-corrected chi connectivity index (χ2v) is 3.74. The van der Waals surface area contributed by atoms with Crippen LogP contribution in [0.5, 0.6) is 0 Å². The zero-order chi connectivity index (χ0) is 10.5. The molecule has 1 fully saturated rings. The van der Waals surface area contributed by atoms with Crippen LogP contribution in [0.3, 0.4) is 0 Å². The molecule has 3 heteroatoms. The molecule has 1 amide bonds. The highest BCUT2D eigenvalue weighted by Crippen LogP contribution is 2.06. The molecular weight excluding hydrogens is 190 g/mol. The van der Waals surface area contributed by atoms with Gasteiger partial charge >= 0.3 is 0 Å². The predicted molar refractivity (Wildman–Crippen MR) is 57.5 cm³/mol. The summed E-state index contributed by atoms with van der Waals surface area (Å²) in [6.45, 7) is 1.34. The van der Waals surface area contributed by atoms with E-state index in [0.29, 0.717) is 19.6 Å². The molecule has 1 aromatic carbocycles. The van der Waals surface area contributed by atoms with E-state index < -0.39 is 0 Å². The van der Waals surface area contributed by atoms with Crippen LogP contribution in [0.15, 0.2) is 30.3 Å². The summed E-state index contributed by atoms with van der Waals surface area (Å²) in [6, 6.07) is 10.2. The van der Waals surface area contributed by atoms with E-state index in [1.165, 1.54) is 5.56 Å². The number of ether oxygens (including phenoxy) is 1. The van der Waals surface area contributed by atoms with Gasteiger partial charge in [-0.25, -0.2) is 0 Å². The van der Waals surface area contributed by atoms with E-state index in [1.54, 1.807) is 0 Å². The molecule has 1 heterocycles. The smallest absolute Gasteiger partial charge is 0.222 e. The van der Waals surface area contributed by atoms with Crippen LogP contribution >= 0.6 is 0 Å². The van der Waals surface area contributed by atoms with Crippen LogP contribution in [0.25, 0.3) is 0 Å². The van der Waals surface area contributed by atoms with Crippen molar-refractivity contribution in [1.82, 2.24) is 5.32 Å². The Morgan fingerprint density at radius 3 is 2.80 bits per heavy atom. The van der Waals surface area contributed by atoms with Gasteiger partial charge in [0.15, 0.2) is 0 Å². The lowest BCUT2D eigenvalue weighted by Gasteiger charge is -2.08. The van der Waals surface area contributed by atoms with Crippen molar-refractivity contribution in [2.75, 3.05) is 13.2 Å². The molecule has 1 N–H and O–H groups in total. The highest BCUT2D eigenvalue weighted by atomic mass is 16.5. The fraction of sp³-hybridized carbons (Fsp3) is 0.417. The summed E-state index contributed by atoms with van der Waals surface area (Å²) in [5.74, 6) is 0.0970. The summed E-state index contributed by atoms with van der Waals surface area (Å²) in [6.07, 6.45) is 1.49. The van der Waals surface area contributed by atoms with Crippen LogP contribution in [0, 0.1) is 0 Å². The van der Waals surface area contributed by atoms with E-state index in [4.69, 9.17) is 4.74 Å². The molecule has 1 saturated heterocycles. The maximum absolute atomic E-state index is 10.9. The molecule has 1 aliphatic heterocycles. The minimum absolute atomic E-state index is 0.0706. The normalized spacial score (nSPS) is 20.3. The third-order valence-corrected chi connectivity index (χ3v) is 2.53. The van der Waals surface area contributed by atoms with Crippen LogP contribution in [0.4, 0.5) is 0 Å². The Hall–Kier alpha value is -1.35. The summed E-state index contributed by atoms with van der Waals surface area (Å²) in [5.41, 5.74) is 1.27. The standard InChI is InChI=1S/C12H15NO2/c14-12-8-11(9-13-12)15-7-6-10-4-2-1-3-5-10/h1-5,11H,6-9H2,(H,13,14). The fourth-order valence-corrected chi connectivity index (χ4v) is 1.68. The van der Waals surface area contributed by atoms with Gasteiger partial charge in [-0.05, 0) is 12.0 Å². The van der Waals surface area contributed by atoms with Gasteiger partial charge in [0, 0.05) is 6.54 Å². The van der Waals surface area contributed by atoms with Crippen molar-refractivity contribution in [3.63, 3.8) is 0 Å². The first kappa shape index (κ1) is 10.2. The predicted octanol–water partition coefficient (Wildman–Crippen LogP) is 1.13. The first-order valence-corrected chi connectivity index (χ1v) is 5.27. The Labute approximate surface area is 89.4 Å². The number of hydrogen-bond acceptors (Lipinski definition) is 2. The lowest BCUT2D eigenvalue weighted by atomic mass is 10.2. The summed E-state index contributed by atoms with van der Waals surface area (Å²) in [7, 11) is 0. The summed E-state index contributed by atoms with van der Waals surface area (Å²) < 4.78 is 5.59. The van der Waals surface area contributed by atoms with Crippen LogP contribution < -0.4 is 5.32 Å². The van der Waals surface area contributed by atoms with E-state index in [0.717, 1.165) is 6.42 Å². The Morgan fingerprint density at radius 1 is 1.33 bits per heavy atom. The van der Waals surface area contributed by atoms with Gasteiger partial charge in [0.25, 0.3) is 0 Å². The molecule has 1 aromatic rings. The Morgan fingerprint density at radius 2 is 2.13 bits per heavy atom. The van der Waals surface area contributed by atoms with Crippen LogP contribution in [-0.2, 0) is 16.0 Å². The summed E-state index contributed by atoms with van der Waals surface area (Å²) in [4.78, 5) is 10.9. The Kier molecular flexibility index (Phi) is 3.35. The molecule has 2 rings (SSSR count). The molecule has 1 aliphatic rings. The molecule has 80 valence electrons. The zero-order valence-corrected chi connectivity index (χ0v) is 8.61. The van der Waals surface area contributed by atoms with Crippen molar-refractivity contribution in [1.29, 1.82) is 0 Å². The van der Waals surface area contributed by atoms with Gasteiger partial charge in [0.05, 0.1) is 19.1 Å². The number of nitrogens with one attached hydrogen (secondary N) is 1. The van der Waals surface area contributed by atoms with E-state index in [-0.39, 0.29) is 12.0 Å². The van der Waals surface area contributed by atoms with Gasteiger partial charge in [0.2, 0.25) is 5.91 Å². The maximum Gasteiger partial charge on any atom is 0.222 e. The number of rotatable bonds is 4. The third kappa shape index (κ3) is 3.06. The third-order valence-electron chi connectivity index (χ3n) is 2.53. The SMILES string of the molecule is O=C1CC(OCCc2ccccc2)CN1. The molecule has 1 atom stereocenters. The molecule has 0 aromatic heterocycles. The van der Waals surface area contributed by atoms with Crippen molar-refractivity contribution in [2.24, 2.45) is 0 Å². The van der Waals surface area contributed by atoms with Crippen molar-refractivity contribution in [3.05, 3.63) is 35.9 Å². The Bertz CT molecular complexity index is 324. The highest BCUT2D eigenvalue weighted by Gasteiger charge is 2.21. The lowest BCUT2D eigenvalue weighted by Crippen LogP contribution is -2.18. The molecule has 3 nitrogen and oxygen atoms in total. The second kappa shape index (κ2) is 4.94. The average molecular weight is 205 g/mol. The van der Waals surface area contributed by atoms with Crippen LogP contribution in [0.1, 0.15) is 12.0 Å².